The molecule has 0 saturated heterocycles. The molecule has 0 aliphatic carbocycles. The normalized spacial score (nSPS) is 10.2. The van der Waals surface area contributed by atoms with Crippen molar-refractivity contribution in [3.8, 4) is 0 Å². The zero-order valence-corrected chi connectivity index (χ0v) is 8.92. The Morgan fingerprint density at radius 3 is 2.31 bits per heavy atom. The maximum atomic E-state index is 5.68. The van der Waals surface area contributed by atoms with Crippen molar-refractivity contribution in [2.75, 3.05) is 6.54 Å². The summed E-state index contributed by atoms with van der Waals surface area (Å²) in [5.74, 6) is 5.52. The molecule has 0 aromatic rings. The highest BCUT2D eigenvalue weighted by molar-refractivity contribution is 4.94. The van der Waals surface area contributed by atoms with E-state index in [2.05, 4.69) is 20.1 Å². The average Bonchev–Trinajstić information content (AvgIpc) is 2.17. The lowest BCUT2D eigenvalue weighted by atomic mass is 10.2. The molecular formula is C10H23N3. The number of rotatable bonds is 5. The minimum atomic E-state index is 0.798. The van der Waals surface area contributed by atoms with Crippen LogP contribution < -0.4 is 11.6 Å². The van der Waals surface area contributed by atoms with Crippen LogP contribution in [0.25, 0.3) is 0 Å². The van der Waals surface area contributed by atoms with Crippen molar-refractivity contribution in [2.24, 2.45) is 11.6 Å². The number of hydrogen-bond acceptors (Lipinski definition) is 3. The number of allylic oxidation sites excluding steroid dienone is 1. The van der Waals surface area contributed by atoms with Crippen LogP contribution in [0.1, 0.15) is 33.1 Å². The van der Waals surface area contributed by atoms with Crippen molar-refractivity contribution in [3.63, 3.8) is 0 Å². The third-order valence-corrected chi connectivity index (χ3v) is 1.52. The first kappa shape index (κ1) is 14.6. The Balaban J connectivity index is 0. The Morgan fingerprint density at radius 2 is 1.92 bits per heavy atom. The summed E-state index contributed by atoms with van der Waals surface area (Å²) in [6, 6.07) is 0. The van der Waals surface area contributed by atoms with Crippen molar-refractivity contribution >= 4 is 0 Å². The number of nitrogens with two attached hydrogens (primary N) is 2. The second kappa shape index (κ2) is 11.0. The molecule has 0 aromatic heterocycles. The Morgan fingerprint density at radius 1 is 1.38 bits per heavy atom. The number of hydrazine groups is 1. The van der Waals surface area contributed by atoms with Gasteiger partial charge in [0.15, 0.2) is 0 Å². The quantitative estimate of drug-likeness (QED) is 0.391. The largest absolute Gasteiger partial charge is 0.401 e. The van der Waals surface area contributed by atoms with Crippen LogP contribution >= 0.6 is 0 Å². The average molecular weight is 185 g/mol. The van der Waals surface area contributed by atoms with E-state index in [0.29, 0.717) is 0 Å². The standard InChI is InChI=1S/C8H19N3.C2H4/c1-3-5-6-8(9)7-11(10)4-2;1-2/h7H,3-6,9-10H2,1-2H3;1-2H2/b8-7-;. The summed E-state index contributed by atoms with van der Waals surface area (Å²) < 4.78 is 0. The predicted octanol–water partition coefficient (Wildman–Crippen LogP) is 1.97. The van der Waals surface area contributed by atoms with Gasteiger partial charge in [-0.15, -0.1) is 13.2 Å². The van der Waals surface area contributed by atoms with Gasteiger partial charge >= 0.3 is 0 Å². The van der Waals surface area contributed by atoms with Crippen LogP contribution in [0, 0.1) is 0 Å². The highest BCUT2D eigenvalue weighted by atomic mass is 15.4. The molecular weight excluding hydrogens is 162 g/mol. The SMILES string of the molecule is C=C.CCCC/C(N)=C/N(N)CC. The molecule has 0 bridgehead atoms. The lowest BCUT2D eigenvalue weighted by molar-refractivity contribution is 0.411. The molecule has 0 aromatic carbocycles. The molecule has 13 heavy (non-hydrogen) atoms. The van der Waals surface area contributed by atoms with E-state index in [1.54, 1.807) is 11.2 Å². The first-order chi connectivity index (χ1) is 6.20. The zero-order valence-electron chi connectivity index (χ0n) is 8.92. The van der Waals surface area contributed by atoms with E-state index in [-0.39, 0.29) is 0 Å². The Bertz CT molecular complexity index is 132. The molecule has 0 rings (SSSR count). The summed E-state index contributed by atoms with van der Waals surface area (Å²) in [4.78, 5) is 0. The summed E-state index contributed by atoms with van der Waals surface area (Å²) in [6.07, 6.45) is 5.06. The summed E-state index contributed by atoms with van der Waals surface area (Å²) in [5, 5.41) is 1.60. The van der Waals surface area contributed by atoms with Crippen molar-refractivity contribution in [3.05, 3.63) is 25.1 Å². The molecule has 4 N–H and O–H groups in total. The van der Waals surface area contributed by atoms with E-state index in [1.165, 1.54) is 6.42 Å². The van der Waals surface area contributed by atoms with Crippen LogP contribution in [0.2, 0.25) is 0 Å². The second-order valence-corrected chi connectivity index (χ2v) is 2.64. The van der Waals surface area contributed by atoms with Gasteiger partial charge in [0.25, 0.3) is 0 Å². The Kier molecular flexibility index (Phi) is 12.4. The molecule has 0 amide bonds. The molecule has 0 unspecified atom stereocenters. The van der Waals surface area contributed by atoms with E-state index < -0.39 is 0 Å². The topological polar surface area (TPSA) is 55.3 Å². The van der Waals surface area contributed by atoms with Crippen LogP contribution in [-0.4, -0.2) is 11.6 Å². The maximum absolute atomic E-state index is 5.68. The lowest BCUT2D eigenvalue weighted by Gasteiger charge is -2.11. The summed E-state index contributed by atoms with van der Waals surface area (Å²) >= 11 is 0. The van der Waals surface area contributed by atoms with Crippen LogP contribution in [0.15, 0.2) is 25.1 Å². The number of hydrogen-bond donors (Lipinski definition) is 2. The lowest BCUT2D eigenvalue weighted by Crippen LogP contribution is -2.25. The number of unbranched alkanes of at least 4 members (excludes halogenated alkanes) is 1. The van der Waals surface area contributed by atoms with Gasteiger partial charge < -0.3 is 10.7 Å². The first-order valence-electron chi connectivity index (χ1n) is 4.68. The van der Waals surface area contributed by atoms with Gasteiger partial charge in [0.2, 0.25) is 0 Å². The van der Waals surface area contributed by atoms with Crippen LogP contribution in [0.5, 0.6) is 0 Å². The fourth-order valence-corrected chi connectivity index (χ4v) is 0.750. The van der Waals surface area contributed by atoms with E-state index in [4.69, 9.17) is 11.6 Å². The van der Waals surface area contributed by atoms with E-state index in [0.717, 1.165) is 25.1 Å². The smallest absolute Gasteiger partial charge is 0.0342 e. The van der Waals surface area contributed by atoms with Crippen molar-refractivity contribution in [2.45, 2.75) is 33.1 Å². The molecule has 0 atom stereocenters. The van der Waals surface area contributed by atoms with Gasteiger partial charge in [-0.05, 0) is 19.8 Å². The predicted molar refractivity (Wildman–Crippen MR) is 59.6 cm³/mol. The highest BCUT2D eigenvalue weighted by Crippen LogP contribution is 2.00. The molecule has 78 valence electrons. The van der Waals surface area contributed by atoms with Gasteiger partial charge in [-0.1, -0.05) is 13.3 Å². The van der Waals surface area contributed by atoms with Crippen LogP contribution in [0.4, 0.5) is 0 Å². The monoisotopic (exact) mass is 185 g/mol. The molecule has 0 spiro atoms. The molecule has 0 aliphatic heterocycles. The van der Waals surface area contributed by atoms with Gasteiger partial charge in [0.05, 0.1) is 0 Å². The third-order valence-electron chi connectivity index (χ3n) is 1.52. The van der Waals surface area contributed by atoms with Crippen LogP contribution in [0.3, 0.4) is 0 Å². The minimum Gasteiger partial charge on any atom is -0.401 e. The molecule has 0 radical (unpaired) electrons. The molecule has 3 heteroatoms. The third kappa shape index (κ3) is 11.0. The van der Waals surface area contributed by atoms with Gasteiger partial charge in [-0.3, -0.25) is 0 Å². The Labute approximate surface area is 82.1 Å². The molecule has 3 nitrogen and oxygen atoms in total. The maximum Gasteiger partial charge on any atom is 0.0342 e. The zero-order chi connectivity index (χ0) is 10.7. The van der Waals surface area contributed by atoms with Gasteiger partial charge in [-0.25, -0.2) is 5.84 Å². The van der Waals surface area contributed by atoms with Crippen molar-refractivity contribution < 1.29 is 0 Å². The van der Waals surface area contributed by atoms with Crippen LogP contribution in [-0.2, 0) is 0 Å². The van der Waals surface area contributed by atoms with Gasteiger partial charge in [0, 0.05) is 18.4 Å². The minimum absolute atomic E-state index is 0.798. The molecule has 0 fully saturated rings. The fourth-order valence-electron chi connectivity index (χ4n) is 0.750. The van der Waals surface area contributed by atoms with E-state index in [1.807, 2.05) is 6.92 Å². The fraction of sp³-hybridized carbons (Fsp3) is 0.600. The van der Waals surface area contributed by atoms with Crippen molar-refractivity contribution in [1.29, 1.82) is 0 Å². The highest BCUT2D eigenvalue weighted by Gasteiger charge is 1.91. The summed E-state index contributed by atoms with van der Waals surface area (Å²) in [7, 11) is 0. The van der Waals surface area contributed by atoms with Gasteiger partial charge in [-0.2, -0.15) is 0 Å². The van der Waals surface area contributed by atoms with E-state index >= 15 is 0 Å². The molecule has 0 aliphatic rings. The number of nitrogens with zero attached hydrogens (tertiary/aromatic N) is 1. The first-order valence-corrected chi connectivity index (χ1v) is 4.68. The van der Waals surface area contributed by atoms with Crippen molar-refractivity contribution in [1.82, 2.24) is 5.01 Å². The summed E-state index contributed by atoms with van der Waals surface area (Å²) in [5.41, 5.74) is 6.55. The Hall–Kier alpha value is -0.960. The van der Waals surface area contributed by atoms with Gasteiger partial charge in [0.1, 0.15) is 0 Å². The summed E-state index contributed by atoms with van der Waals surface area (Å²) in [6.45, 7) is 10.9. The second-order valence-electron chi connectivity index (χ2n) is 2.64. The molecule has 0 saturated carbocycles. The molecule has 0 heterocycles. The van der Waals surface area contributed by atoms with E-state index in [9.17, 15) is 0 Å².